The first-order valence-corrected chi connectivity index (χ1v) is 6.51. The maximum absolute atomic E-state index is 9.68. The molecule has 5 nitrogen and oxygen atoms in total. The van der Waals surface area contributed by atoms with Crippen LogP contribution in [0.5, 0.6) is 0 Å². The number of aliphatic hydroxyl groups is 1. The Hall–Kier alpha value is -1.14. The first kappa shape index (κ1) is 14.3. The average molecular weight is 302 g/mol. The van der Waals surface area contributed by atoms with E-state index in [2.05, 4.69) is 10.1 Å². The van der Waals surface area contributed by atoms with Crippen molar-refractivity contribution in [3.63, 3.8) is 0 Å². The first-order valence-electron chi connectivity index (χ1n) is 5.75. The molecule has 2 aromatic rings. The molecule has 0 aliphatic rings. The summed E-state index contributed by atoms with van der Waals surface area (Å²) in [6, 6.07) is 5.25. The molecule has 3 N–H and O–H groups in total. The minimum atomic E-state index is -0.840. The van der Waals surface area contributed by atoms with E-state index in [0.29, 0.717) is 35.3 Å². The van der Waals surface area contributed by atoms with Crippen LogP contribution in [0.1, 0.15) is 29.8 Å². The van der Waals surface area contributed by atoms with Crippen molar-refractivity contribution in [3.05, 3.63) is 45.5 Å². The molecule has 0 radical (unpaired) electrons. The molecule has 1 atom stereocenters. The van der Waals surface area contributed by atoms with E-state index in [1.165, 1.54) is 0 Å². The van der Waals surface area contributed by atoms with Gasteiger partial charge in [-0.1, -0.05) is 34.4 Å². The fourth-order valence-corrected chi connectivity index (χ4v) is 2.15. The summed E-state index contributed by atoms with van der Waals surface area (Å²) in [6.45, 7) is 0.342. The molecule has 0 aliphatic carbocycles. The third-order valence-electron chi connectivity index (χ3n) is 2.61. The van der Waals surface area contributed by atoms with Gasteiger partial charge in [-0.05, 0) is 30.7 Å². The molecule has 1 aromatic heterocycles. The Morgan fingerprint density at radius 2 is 2.00 bits per heavy atom. The predicted molar refractivity (Wildman–Crippen MR) is 72.2 cm³/mol. The van der Waals surface area contributed by atoms with E-state index in [0.717, 1.165) is 5.56 Å². The minimum Gasteiger partial charge on any atom is -0.383 e. The van der Waals surface area contributed by atoms with Crippen LogP contribution in [0.4, 0.5) is 0 Å². The molecule has 0 aliphatic heterocycles. The van der Waals surface area contributed by atoms with Crippen molar-refractivity contribution >= 4 is 23.2 Å². The smallest absolute Gasteiger partial charge is 0.255 e. The lowest BCUT2D eigenvalue weighted by atomic mass is 10.1. The van der Waals surface area contributed by atoms with Gasteiger partial charge in [0.1, 0.15) is 6.10 Å². The van der Waals surface area contributed by atoms with Gasteiger partial charge in [-0.2, -0.15) is 4.98 Å². The molecule has 0 amide bonds. The van der Waals surface area contributed by atoms with Crippen molar-refractivity contribution in [1.29, 1.82) is 0 Å². The lowest BCUT2D eigenvalue weighted by Gasteiger charge is -2.03. The van der Waals surface area contributed by atoms with Crippen molar-refractivity contribution in [2.24, 2.45) is 5.73 Å². The second-order valence-corrected chi connectivity index (χ2v) is 4.83. The largest absolute Gasteiger partial charge is 0.383 e. The Kier molecular flexibility index (Phi) is 4.76. The zero-order valence-electron chi connectivity index (χ0n) is 10.0. The Morgan fingerprint density at radius 1 is 1.32 bits per heavy atom. The fourth-order valence-electron chi connectivity index (χ4n) is 1.62. The van der Waals surface area contributed by atoms with Crippen molar-refractivity contribution in [3.8, 4) is 0 Å². The van der Waals surface area contributed by atoms with Crippen LogP contribution in [0.25, 0.3) is 0 Å². The summed E-state index contributed by atoms with van der Waals surface area (Å²) in [5, 5.41) is 14.6. The van der Waals surface area contributed by atoms with Crippen LogP contribution in [0.15, 0.2) is 22.7 Å². The fraction of sp³-hybridized carbons (Fsp3) is 0.333. The maximum atomic E-state index is 9.68. The van der Waals surface area contributed by atoms with Crippen LogP contribution >= 0.6 is 23.2 Å². The monoisotopic (exact) mass is 301 g/mol. The van der Waals surface area contributed by atoms with E-state index >= 15 is 0 Å². The highest BCUT2D eigenvalue weighted by molar-refractivity contribution is 6.36. The van der Waals surface area contributed by atoms with Crippen LogP contribution < -0.4 is 5.73 Å². The second-order valence-electron chi connectivity index (χ2n) is 4.02. The van der Waals surface area contributed by atoms with E-state index < -0.39 is 6.10 Å². The van der Waals surface area contributed by atoms with E-state index in [4.69, 9.17) is 33.5 Å². The zero-order chi connectivity index (χ0) is 13.8. The van der Waals surface area contributed by atoms with Crippen LogP contribution in [-0.4, -0.2) is 21.8 Å². The number of aliphatic hydroxyl groups excluding tert-OH is 1. The van der Waals surface area contributed by atoms with Crippen LogP contribution in [0, 0.1) is 0 Å². The molecular weight excluding hydrogens is 289 g/mol. The van der Waals surface area contributed by atoms with Crippen molar-refractivity contribution in [2.75, 3.05) is 6.54 Å². The quantitative estimate of drug-likeness (QED) is 0.885. The zero-order valence-corrected chi connectivity index (χ0v) is 11.5. The molecule has 0 fully saturated rings. The molecule has 0 saturated carbocycles. The molecule has 19 heavy (non-hydrogen) atoms. The number of nitrogens with zero attached hydrogens (tertiary/aromatic N) is 2. The molecule has 0 spiro atoms. The first-order chi connectivity index (χ1) is 9.11. The normalized spacial score (nSPS) is 12.6. The van der Waals surface area contributed by atoms with E-state index in [9.17, 15) is 5.11 Å². The van der Waals surface area contributed by atoms with Gasteiger partial charge in [0, 0.05) is 16.5 Å². The van der Waals surface area contributed by atoms with Crippen LogP contribution in [0.3, 0.4) is 0 Å². The van der Waals surface area contributed by atoms with Gasteiger partial charge in [0.05, 0.1) is 0 Å². The molecule has 0 bridgehead atoms. The lowest BCUT2D eigenvalue weighted by Crippen LogP contribution is -2.07. The van der Waals surface area contributed by atoms with E-state index in [-0.39, 0.29) is 5.89 Å². The Balaban J connectivity index is 2.16. The van der Waals surface area contributed by atoms with Crippen LogP contribution in [0.2, 0.25) is 10.0 Å². The molecule has 102 valence electrons. The van der Waals surface area contributed by atoms with Gasteiger partial charge < -0.3 is 15.4 Å². The highest BCUT2D eigenvalue weighted by atomic mass is 35.5. The van der Waals surface area contributed by atoms with Crippen molar-refractivity contribution in [1.82, 2.24) is 10.1 Å². The summed E-state index contributed by atoms with van der Waals surface area (Å²) in [5.41, 5.74) is 6.08. The summed E-state index contributed by atoms with van der Waals surface area (Å²) >= 11 is 12.1. The van der Waals surface area contributed by atoms with Gasteiger partial charge >= 0.3 is 0 Å². The van der Waals surface area contributed by atoms with Gasteiger partial charge in [0.25, 0.3) is 5.89 Å². The molecule has 2 rings (SSSR count). The van der Waals surface area contributed by atoms with Crippen molar-refractivity contribution < 1.29 is 9.63 Å². The molecule has 0 saturated heterocycles. The minimum absolute atomic E-state index is 0.156. The highest BCUT2D eigenvalue weighted by Gasteiger charge is 2.16. The number of rotatable bonds is 5. The maximum Gasteiger partial charge on any atom is 0.255 e. The molecule has 7 heteroatoms. The number of nitrogens with two attached hydrogens (primary N) is 1. The van der Waals surface area contributed by atoms with Crippen LogP contribution in [-0.2, 0) is 6.42 Å². The van der Waals surface area contributed by atoms with Gasteiger partial charge in [-0.3, -0.25) is 0 Å². The summed E-state index contributed by atoms with van der Waals surface area (Å²) in [4.78, 5) is 4.11. The van der Waals surface area contributed by atoms with Gasteiger partial charge in [-0.15, -0.1) is 0 Å². The molecule has 1 unspecified atom stereocenters. The molecule has 1 aromatic carbocycles. The Labute approximate surface area is 120 Å². The SMILES string of the molecule is NCCC(O)c1nc(Cc2c(Cl)cccc2Cl)no1. The third-order valence-corrected chi connectivity index (χ3v) is 3.31. The summed E-state index contributed by atoms with van der Waals surface area (Å²) in [6.07, 6.45) is -0.126. The average Bonchev–Trinajstić information content (AvgIpc) is 2.83. The summed E-state index contributed by atoms with van der Waals surface area (Å²) < 4.78 is 4.98. The third kappa shape index (κ3) is 3.45. The molecular formula is C12H13Cl2N3O2. The summed E-state index contributed by atoms with van der Waals surface area (Å²) in [5.74, 6) is 0.574. The summed E-state index contributed by atoms with van der Waals surface area (Å²) in [7, 11) is 0. The number of aromatic nitrogens is 2. The second kappa shape index (κ2) is 6.34. The lowest BCUT2D eigenvalue weighted by molar-refractivity contribution is 0.127. The van der Waals surface area contributed by atoms with Gasteiger partial charge in [0.15, 0.2) is 5.82 Å². The number of benzene rings is 1. The number of hydrogen-bond donors (Lipinski definition) is 2. The van der Waals surface area contributed by atoms with E-state index in [1.807, 2.05) is 0 Å². The van der Waals surface area contributed by atoms with Crippen molar-refractivity contribution in [2.45, 2.75) is 18.9 Å². The Bertz CT molecular complexity index is 539. The van der Waals surface area contributed by atoms with Gasteiger partial charge in [-0.25, -0.2) is 0 Å². The predicted octanol–water partition coefficient (Wildman–Crippen LogP) is 2.35. The van der Waals surface area contributed by atoms with E-state index in [1.54, 1.807) is 18.2 Å². The Morgan fingerprint density at radius 3 is 2.63 bits per heavy atom. The number of hydrogen-bond acceptors (Lipinski definition) is 5. The standard InChI is InChI=1S/C12H13Cl2N3O2/c13-8-2-1-3-9(14)7(8)6-11-16-12(19-17-11)10(18)4-5-15/h1-3,10,18H,4-6,15H2. The number of halogens is 2. The topological polar surface area (TPSA) is 85.2 Å². The molecule has 1 heterocycles. The van der Waals surface area contributed by atoms with Gasteiger partial charge in [0.2, 0.25) is 0 Å². The highest BCUT2D eigenvalue weighted by Crippen LogP contribution is 2.26.